The van der Waals surface area contributed by atoms with Crippen LogP contribution in [0.25, 0.3) is 33.7 Å². The standard InChI is InChI=1S/C21H14BrNO3/c22-17-11-16(14-6-2-1-3-7-14)12-18-20(17)26-21(23-18)15-8-4-5-13(9-15)10-19(24)25/h1-9,11-12H,10H2,(H,24,25). The first-order valence-electron chi connectivity index (χ1n) is 8.07. The molecule has 128 valence electrons. The molecule has 1 N–H and O–H groups in total. The third-order valence-electron chi connectivity index (χ3n) is 4.08. The van der Waals surface area contributed by atoms with Crippen LogP contribution >= 0.6 is 15.9 Å². The van der Waals surface area contributed by atoms with E-state index in [2.05, 4.69) is 20.9 Å². The summed E-state index contributed by atoms with van der Waals surface area (Å²) in [5.41, 5.74) is 5.03. The van der Waals surface area contributed by atoms with Crippen LogP contribution in [0.15, 0.2) is 75.6 Å². The highest BCUT2D eigenvalue weighted by Crippen LogP contribution is 2.34. The fourth-order valence-corrected chi connectivity index (χ4v) is 3.43. The molecule has 4 aromatic rings. The van der Waals surface area contributed by atoms with Gasteiger partial charge in [0.15, 0.2) is 5.58 Å². The van der Waals surface area contributed by atoms with E-state index in [9.17, 15) is 4.79 Å². The molecule has 0 saturated carbocycles. The van der Waals surface area contributed by atoms with E-state index in [1.54, 1.807) is 12.1 Å². The summed E-state index contributed by atoms with van der Waals surface area (Å²) in [5.74, 6) is -0.395. The normalized spacial score (nSPS) is 11.0. The summed E-state index contributed by atoms with van der Waals surface area (Å²) in [6, 6.07) is 21.3. The van der Waals surface area contributed by atoms with E-state index >= 15 is 0 Å². The van der Waals surface area contributed by atoms with Crippen LogP contribution in [0.2, 0.25) is 0 Å². The first kappa shape index (κ1) is 16.5. The number of halogens is 1. The van der Waals surface area contributed by atoms with Gasteiger partial charge in [0.2, 0.25) is 5.89 Å². The van der Waals surface area contributed by atoms with E-state index in [0.717, 1.165) is 26.7 Å². The van der Waals surface area contributed by atoms with E-state index in [0.29, 0.717) is 17.0 Å². The van der Waals surface area contributed by atoms with Gasteiger partial charge in [-0.2, -0.15) is 0 Å². The number of carbonyl (C=O) groups is 1. The molecule has 5 heteroatoms. The number of nitrogens with zero attached hydrogens (tertiary/aromatic N) is 1. The second-order valence-electron chi connectivity index (χ2n) is 5.96. The van der Waals surface area contributed by atoms with Gasteiger partial charge in [-0.25, -0.2) is 4.98 Å². The molecule has 0 atom stereocenters. The van der Waals surface area contributed by atoms with E-state index in [1.165, 1.54) is 0 Å². The van der Waals surface area contributed by atoms with Gasteiger partial charge in [-0.05, 0) is 56.9 Å². The van der Waals surface area contributed by atoms with Crippen molar-refractivity contribution < 1.29 is 14.3 Å². The van der Waals surface area contributed by atoms with Gasteiger partial charge in [-0.3, -0.25) is 4.79 Å². The Balaban J connectivity index is 1.79. The maximum Gasteiger partial charge on any atom is 0.307 e. The molecule has 1 aromatic heterocycles. The van der Waals surface area contributed by atoms with Crippen LogP contribution in [0.4, 0.5) is 0 Å². The Morgan fingerprint density at radius 3 is 2.50 bits per heavy atom. The van der Waals surface area contributed by atoms with Crippen molar-refractivity contribution in [2.45, 2.75) is 6.42 Å². The summed E-state index contributed by atoms with van der Waals surface area (Å²) < 4.78 is 6.76. The number of hydrogen-bond acceptors (Lipinski definition) is 3. The average molecular weight is 408 g/mol. The maximum atomic E-state index is 10.9. The topological polar surface area (TPSA) is 63.3 Å². The molecule has 1 heterocycles. The van der Waals surface area contributed by atoms with Gasteiger partial charge in [0.05, 0.1) is 10.9 Å². The molecular formula is C21H14BrNO3. The van der Waals surface area contributed by atoms with Crippen molar-refractivity contribution in [3.63, 3.8) is 0 Å². The number of oxazole rings is 1. The first-order valence-corrected chi connectivity index (χ1v) is 8.86. The van der Waals surface area contributed by atoms with Gasteiger partial charge in [0.25, 0.3) is 0 Å². The number of carboxylic acid groups (broad SMARTS) is 1. The minimum Gasteiger partial charge on any atom is -0.481 e. The zero-order chi connectivity index (χ0) is 18.1. The SMILES string of the molecule is O=C(O)Cc1cccc(-c2nc3cc(-c4ccccc4)cc(Br)c3o2)c1. The lowest BCUT2D eigenvalue weighted by Gasteiger charge is -2.02. The van der Waals surface area contributed by atoms with Crippen molar-refractivity contribution in [2.75, 3.05) is 0 Å². The number of aromatic nitrogens is 1. The molecule has 0 amide bonds. The van der Waals surface area contributed by atoms with Crippen LogP contribution in [0.3, 0.4) is 0 Å². The Bertz CT molecular complexity index is 1100. The highest BCUT2D eigenvalue weighted by atomic mass is 79.9. The number of aliphatic carboxylic acids is 1. The molecule has 0 bridgehead atoms. The van der Waals surface area contributed by atoms with Crippen LogP contribution < -0.4 is 0 Å². The summed E-state index contributed by atoms with van der Waals surface area (Å²) in [6.45, 7) is 0. The average Bonchev–Trinajstić information content (AvgIpc) is 3.07. The molecule has 0 spiro atoms. The van der Waals surface area contributed by atoms with Gasteiger partial charge in [0, 0.05) is 5.56 Å². The highest BCUT2D eigenvalue weighted by Gasteiger charge is 2.14. The zero-order valence-electron chi connectivity index (χ0n) is 13.6. The summed E-state index contributed by atoms with van der Waals surface area (Å²) in [7, 11) is 0. The first-order chi connectivity index (χ1) is 12.6. The Kier molecular flexibility index (Phi) is 4.31. The number of fused-ring (bicyclic) bond motifs is 1. The lowest BCUT2D eigenvalue weighted by molar-refractivity contribution is -0.136. The van der Waals surface area contributed by atoms with E-state index in [4.69, 9.17) is 9.52 Å². The molecule has 0 aliphatic carbocycles. The molecule has 0 unspecified atom stereocenters. The second-order valence-corrected chi connectivity index (χ2v) is 6.82. The molecule has 4 rings (SSSR count). The van der Waals surface area contributed by atoms with E-state index in [-0.39, 0.29) is 6.42 Å². The minimum absolute atomic E-state index is 0.0318. The van der Waals surface area contributed by atoms with Crippen LogP contribution in [0, 0.1) is 0 Å². The van der Waals surface area contributed by atoms with Crippen molar-refractivity contribution in [3.8, 4) is 22.6 Å². The highest BCUT2D eigenvalue weighted by molar-refractivity contribution is 9.10. The molecule has 0 aliphatic rings. The summed E-state index contributed by atoms with van der Waals surface area (Å²) in [6.07, 6.45) is -0.0318. The van der Waals surface area contributed by atoms with E-state index < -0.39 is 5.97 Å². The molecule has 0 fully saturated rings. The Hall–Kier alpha value is -2.92. The van der Waals surface area contributed by atoms with Crippen molar-refractivity contribution in [1.29, 1.82) is 0 Å². The number of hydrogen-bond donors (Lipinski definition) is 1. The van der Waals surface area contributed by atoms with Gasteiger partial charge < -0.3 is 9.52 Å². The molecule has 26 heavy (non-hydrogen) atoms. The lowest BCUT2D eigenvalue weighted by atomic mass is 10.1. The Morgan fingerprint density at radius 2 is 1.73 bits per heavy atom. The third kappa shape index (κ3) is 3.26. The van der Waals surface area contributed by atoms with Crippen LogP contribution in [-0.4, -0.2) is 16.1 Å². The third-order valence-corrected chi connectivity index (χ3v) is 4.67. The van der Waals surface area contributed by atoms with Gasteiger partial charge in [-0.1, -0.05) is 42.5 Å². The predicted octanol–water partition coefficient (Wildman–Crippen LogP) is 5.55. The monoisotopic (exact) mass is 407 g/mol. The van der Waals surface area contributed by atoms with Crippen molar-refractivity contribution in [2.24, 2.45) is 0 Å². The summed E-state index contributed by atoms with van der Waals surface area (Å²) >= 11 is 3.57. The fourth-order valence-electron chi connectivity index (χ4n) is 2.90. The molecule has 3 aromatic carbocycles. The van der Waals surface area contributed by atoms with Gasteiger partial charge in [-0.15, -0.1) is 0 Å². The van der Waals surface area contributed by atoms with E-state index in [1.807, 2.05) is 54.6 Å². The van der Waals surface area contributed by atoms with Crippen LogP contribution in [0.5, 0.6) is 0 Å². The fraction of sp³-hybridized carbons (Fsp3) is 0.0476. The Labute approximate surface area is 158 Å². The number of carboxylic acids is 1. The number of rotatable bonds is 4. The molecule has 0 aliphatic heterocycles. The van der Waals surface area contributed by atoms with Crippen LogP contribution in [0.1, 0.15) is 5.56 Å². The van der Waals surface area contributed by atoms with Crippen molar-refractivity contribution >= 4 is 33.0 Å². The molecular weight excluding hydrogens is 394 g/mol. The number of benzene rings is 3. The van der Waals surface area contributed by atoms with Crippen LogP contribution in [-0.2, 0) is 11.2 Å². The molecule has 0 saturated heterocycles. The maximum absolute atomic E-state index is 10.9. The molecule has 4 nitrogen and oxygen atoms in total. The van der Waals surface area contributed by atoms with Gasteiger partial charge in [0.1, 0.15) is 5.52 Å². The predicted molar refractivity (Wildman–Crippen MR) is 104 cm³/mol. The quantitative estimate of drug-likeness (QED) is 0.481. The minimum atomic E-state index is -0.866. The lowest BCUT2D eigenvalue weighted by Crippen LogP contribution is -1.99. The Morgan fingerprint density at radius 1 is 0.962 bits per heavy atom. The summed E-state index contributed by atoms with van der Waals surface area (Å²) in [5, 5.41) is 8.97. The summed E-state index contributed by atoms with van der Waals surface area (Å²) in [4.78, 5) is 15.5. The largest absolute Gasteiger partial charge is 0.481 e. The second kappa shape index (κ2) is 6.77. The molecule has 0 radical (unpaired) electrons. The van der Waals surface area contributed by atoms with Crippen molar-refractivity contribution in [3.05, 3.63) is 76.8 Å². The van der Waals surface area contributed by atoms with Gasteiger partial charge >= 0.3 is 5.97 Å². The zero-order valence-corrected chi connectivity index (χ0v) is 15.2. The van der Waals surface area contributed by atoms with Crippen molar-refractivity contribution in [1.82, 2.24) is 4.98 Å². The smallest absolute Gasteiger partial charge is 0.307 e.